The standard InChI is InChI=1S/C14H19NO2/c1-8-7-12(14(16)15-11-5-6-11)9(2)10(3)13(8)17-4/h7,11H,5-6H2,1-4H3,(H,15,16). The molecule has 1 amide bonds. The largest absolute Gasteiger partial charge is 0.496 e. The molecule has 0 heterocycles. The SMILES string of the molecule is COc1c(C)cc(C(=O)NC2CC2)c(C)c1C. The lowest BCUT2D eigenvalue weighted by Gasteiger charge is -2.15. The van der Waals surface area contributed by atoms with Crippen LogP contribution >= 0.6 is 0 Å². The average Bonchev–Trinajstić information content (AvgIpc) is 3.08. The van der Waals surface area contributed by atoms with Gasteiger partial charge in [-0.15, -0.1) is 0 Å². The van der Waals surface area contributed by atoms with Gasteiger partial charge in [-0.05, 0) is 56.4 Å². The van der Waals surface area contributed by atoms with E-state index in [1.807, 2.05) is 26.8 Å². The maximum Gasteiger partial charge on any atom is 0.251 e. The highest BCUT2D eigenvalue weighted by atomic mass is 16.5. The highest BCUT2D eigenvalue weighted by molar-refractivity contribution is 5.96. The number of rotatable bonds is 3. The van der Waals surface area contributed by atoms with Gasteiger partial charge in [0.1, 0.15) is 5.75 Å². The maximum atomic E-state index is 12.1. The number of hydrogen-bond acceptors (Lipinski definition) is 2. The van der Waals surface area contributed by atoms with Crippen LogP contribution in [0.5, 0.6) is 5.75 Å². The molecule has 0 spiro atoms. The number of carbonyl (C=O) groups excluding carboxylic acids is 1. The number of hydrogen-bond donors (Lipinski definition) is 1. The minimum absolute atomic E-state index is 0.0406. The van der Waals surface area contributed by atoms with E-state index < -0.39 is 0 Å². The van der Waals surface area contributed by atoms with Crippen LogP contribution in [0.3, 0.4) is 0 Å². The molecule has 0 saturated heterocycles. The third-order valence-electron chi connectivity index (χ3n) is 3.39. The second kappa shape index (κ2) is 4.40. The minimum atomic E-state index is 0.0406. The second-order valence-electron chi connectivity index (χ2n) is 4.77. The van der Waals surface area contributed by atoms with Gasteiger partial charge in [-0.3, -0.25) is 4.79 Å². The van der Waals surface area contributed by atoms with Crippen molar-refractivity contribution in [3.8, 4) is 5.75 Å². The molecular formula is C14H19NO2. The molecule has 0 aromatic heterocycles. The summed E-state index contributed by atoms with van der Waals surface area (Å²) in [5.74, 6) is 0.921. The average molecular weight is 233 g/mol. The number of benzene rings is 1. The Bertz CT molecular complexity index is 462. The summed E-state index contributed by atoms with van der Waals surface area (Å²) in [7, 11) is 1.67. The predicted molar refractivity (Wildman–Crippen MR) is 67.7 cm³/mol. The minimum Gasteiger partial charge on any atom is -0.496 e. The van der Waals surface area contributed by atoms with Crippen LogP contribution in [0, 0.1) is 20.8 Å². The van der Waals surface area contributed by atoms with Crippen molar-refractivity contribution in [3.63, 3.8) is 0 Å². The van der Waals surface area contributed by atoms with Gasteiger partial charge < -0.3 is 10.1 Å². The lowest BCUT2D eigenvalue weighted by molar-refractivity contribution is 0.0950. The normalized spacial score (nSPS) is 14.6. The van der Waals surface area contributed by atoms with Gasteiger partial charge >= 0.3 is 0 Å². The summed E-state index contributed by atoms with van der Waals surface area (Å²) in [5, 5.41) is 3.02. The fourth-order valence-corrected chi connectivity index (χ4v) is 2.10. The third-order valence-corrected chi connectivity index (χ3v) is 3.39. The Hall–Kier alpha value is -1.51. The lowest BCUT2D eigenvalue weighted by Crippen LogP contribution is -2.26. The molecule has 0 unspecified atom stereocenters. The van der Waals surface area contributed by atoms with Crippen molar-refractivity contribution < 1.29 is 9.53 Å². The molecule has 1 aliphatic carbocycles. The zero-order chi connectivity index (χ0) is 12.6. The van der Waals surface area contributed by atoms with E-state index in [9.17, 15) is 4.79 Å². The molecule has 0 bridgehead atoms. The van der Waals surface area contributed by atoms with Crippen molar-refractivity contribution >= 4 is 5.91 Å². The highest BCUT2D eigenvalue weighted by Gasteiger charge is 2.25. The van der Waals surface area contributed by atoms with Crippen LogP contribution < -0.4 is 10.1 Å². The lowest BCUT2D eigenvalue weighted by atomic mass is 9.98. The number of aryl methyl sites for hydroxylation is 1. The Morgan fingerprint density at radius 3 is 2.47 bits per heavy atom. The van der Waals surface area contributed by atoms with Gasteiger partial charge in [0.25, 0.3) is 5.91 Å². The molecule has 3 heteroatoms. The van der Waals surface area contributed by atoms with E-state index in [-0.39, 0.29) is 5.91 Å². The van der Waals surface area contributed by atoms with Crippen molar-refractivity contribution in [2.45, 2.75) is 39.7 Å². The molecule has 1 N–H and O–H groups in total. The molecule has 1 fully saturated rings. The zero-order valence-electron chi connectivity index (χ0n) is 10.9. The molecule has 1 aliphatic rings. The van der Waals surface area contributed by atoms with E-state index in [2.05, 4.69) is 5.32 Å². The van der Waals surface area contributed by atoms with Crippen molar-refractivity contribution in [1.82, 2.24) is 5.32 Å². The van der Waals surface area contributed by atoms with E-state index in [1.54, 1.807) is 7.11 Å². The Morgan fingerprint density at radius 1 is 1.29 bits per heavy atom. The first-order valence-electron chi connectivity index (χ1n) is 6.00. The Kier molecular flexibility index (Phi) is 3.09. The topological polar surface area (TPSA) is 38.3 Å². The fourth-order valence-electron chi connectivity index (χ4n) is 2.10. The Labute approximate surface area is 102 Å². The van der Waals surface area contributed by atoms with E-state index in [0.29, 0.717) is 6.04 Å². The van der Waals surface area contributed by atoms with Crippen LogP contribution in [-0.4, -0.2) is 19.1 Å². The number of carbonyl (C=O) groups is 1. The maximum absolute atomic E-state index is 12.1. The smallest absolute Gasteiger partial charge is 0.251 e. The summed E-state index contributed by atoms with van der Waals surface area (Å²) in [6.45, 7) is 5.94. The van der Waals surface area contributed by atoms with Gasteiger partial charge in [-0.2, -0.15) is 0 Å². The molecule has 0 radical (unpaired) electrons. The number of methoxy groups -OCH3 is 1. The number of amides is 1. The number of ether oxygens (including phenoxy) is 1. The first-order valence-corrected chi connectivity index (χ1v) is 6.00. The van der Waals surface area contributed by atoms with Gasteiger partial charge in [0, 0.05) is 11.6 Å². The van der Waals surface area contributed by atoms with Gasteiger partial charge in [-0.1, -0.05) is 0 Å². The monoisotopic (exact) mass is 233 g/mol. The highest BCUT2D eigenvalue weighted by Crippen LogP contribution is 2.29. The van der Waals surface area contributed by atoms with Crippen LogP contribution in [0.4, 0.5) is 0 Å². The summed E-state index contributed by atoms with van der Waals surface area (Å²) < 4.78 is 5.35. The van der Waals surface area contributed by atoms with E-state index in [1.165, 1.54) is 0 Å². The molecule has 0 atom stereocenters. The summed E-state index contributed by atoms with van der Waals surface area (Å²) in [6.07, 6.45) is 2.22. The molecule has 2 rings (SSSR count). The molecule has 17 heavy (non-hydrogen) atoms. The first-order chi connectivity index (χ1) is 8.04. The molecule has 3 nitrogen and oxygen atoms in total. The quantitative estimate of drug-likeness (QED) is 0.871. The summed E-state index contributed by atoms with van der Waals surface area (Å²) in [5.41, 5.74) is 3.84. The van der Waals surface area contributed by atoms with Crippen LogP contribution in [0.25, 0.3) is 0 Å². The van der Waals surface area contributed by atoms with Gasteiger partial charge in [0.05, 0.1) is 7.11 Å². The fraction of sp³-hybridized carbons (Fsp3) is 0.500. The molecule has 1 aromatic carbocycles. The second-order valence-corrected chi connectivity index (χ2v) is 4.77. The van der Waals surface area contributed by atoms with Crippen LogP contribution in [0.15, 0.2) is 6.07 Å². The van der Waals surface area contributed by atoms with Crippen molar-refractivity contribution in [2.24, 2.45) is 0 Å². The van der Waals surface area contributed by atoms with Crippen LogP contribution in [0.1, 0.15) is 39.9 Å². The third kappa shape index (κ3) is 2.28. The summed E-state index contributed by atoms with van der Waals surface area (Å²) in [6, 6.07) is 2.31. The van der Waals surface area contributed by atoms with Crippen molar-refractivity contribution in [2.75, 3.05) is 7.11 Å². The van der Waals surface area contributed by atoms with Gasteiger partial charge in [0.15, 0.2) is 0 Å². The molecule has 1 aromatic rings. The van der Waals surface area contributed by atoms with E-state index in [0.717, 1.165) is 40.8 Å². The first kappa shape index (κ1) is 12.0. The van der Waals surface area contributed by atoms with Gasteiger partial charge in [0.2, 0.25) is 0 Å². The summed E-state index contributed by atoms with van der Waals surface area (Å²) >= 11 is 0. The Morgan fingerprint density at radius 2 is 1.94 bits per heavy atom. The predicted octanol–water partition coefficient (Wildman–Crippen LogP) is 2.51. The van der Waals surface area contributed by atoms with Crippen LogP contribution in [-0.2, 0) is 0 Å². The number of nitrogens with one attached hydrogen (secondary N) is 1. The van der Waals surface area contributed by atoms with Gasteiger partial charge in [-0.25, -0.2) is 0 Å². The van der Waals surface area contributed by atoms with Crippen molar-refractivity contribution in [1.29, 1.82) is 0 Å². The van der Waals surface area contributed by atoms with E-state index >= 15 is 0 Å². The summed E-state index contributed by atoms with van der Waals surface area (Å²) in [4.78, 5) is 12.1. The molecule has 1 saturated carbocycles. The van der Waals surface area contributed by atoms with E-state index in [4.69, 9.17) is 4.74 Å². The molecular weight excluding hydrogens is 214 g/mol. The van der Waals surface area contributed by atoms with Crippen LogP contribution in [0.2, 0.25) is 0 Å². The van der Waals surface area contributed by atoms with Crippen molar-refractivity contribution in [3.05, 3.63) is 28.3 Å². The zero-order valence-corrected chi connectivity index (χ0v) is 10.9. The Balaban J connectivity index is 2.36. The molecule has 92 valence electrons. The molecule has 0 aliphatic heterocycles.